The van der Waals surface area contributed by atoms with Crippen molar-refractivity contribution in [1.82, 2.24) is 0 Å². The van der Waals surface area contributed by atoms with Crippen LogP contribution in [0.15, 0.2) is 36.4 Å². The lowest BCUT2D eigenvalue weighted by molar-refractivity contribution is 0.0388. The number of methoxy groups -OCH3 is 4. The van der Waals surface area contributed by atoms with Crippen LogP contribution in [0.25, 0.3) is 6.08 Å². The van der Waals surface area contributed by atoms with E-state index < -0.39 is 64.8 Å². The molecule has 0 aromatic heterocycles. The average molecular weight is 607 g/mol. The molecule has 0 aliphatic carbocycles. The molecule has 0 bridgehead atoms. The van der Waals surface area contributed by atoms with Gasteiger partial charge in [-0.2, -0.15) is 0 Å². The first-order valence-corrected chi connectivity index (χ1v) is 14.2. The Morgan fingerprint density at radius 2 is 1.19 bits per heavy atom. The maximum absolute atomic E-state index is 14.7. The Morgan fingerprint density at radius 3 is 1.57 bits per heavy atom. The highest BCUT2D eigenvalue weighted by Gasteiger charge is 2.50. The molecule has 0 unspecified atom stereocenters. The summed E-state index contributed by atoms with van der Waals surface area (Å²) in [5.74, 6) is -4.20. The lowest BCUT2D eigenvalue weighted by atomic mass is 9.83. The van der Waals surface area contributed by atoms with Gasteiger partial charge in [0.05, 0.1) is 63.9 Å². The molecular weight excluding hydrogens is 571 g/mol. The fraction of sp³-hybridized carbons (Fsp3) is 0.379. The maximum atomic E-state index is 14.7. The molecule has 2 N–H and O–H groups in total. The third-order valence-corrected chi connectivity index (χ3v) is 8.61. The molecule has 42 heavy (non-hydrogen) atoms. The normalized spacial score (nSPS) is 16.1. The standard InChI is InChI=1S/C29H33O11P.H2O/c1-8-12-18-19(25(30)35-4)22(27(32)37-6)21(23(28(33)38-7)20(18)26(31)36-5)24(17-13-10-9-11-14-17)41(34)39-15-29(2,3)16-40-41;/h8-14,24H,15-16H2,1-7H3;1H2/b12-8+;/t24-;/m0./s1. The number of carbonyl (C=O) groups excluding carboxylic acids is 4. The van der Waals surface area contributed by atoms with Crippen molar-refractivity contribution < 1.29 is 57.2 Å². The molecule has 1 heterocycles. The SMILES string of the molecule is C/C=C/c1c(C(=O)OC)c(C(=O)OC)c([C@H](c2ccccc2)P2(=O)OCC(C)(C)CO2)c(C(=O)OC)c1C(=O)OC.O. The summed E-state index contributed by atoms with van der Waals surface area (Å²) in [7, 11) is 0.0286. The molecule has 228 valence electrons. The van der Waals surface area contributed by atoms with Crippen molar-refractivity contribution in [3.63, 3.8) is 0 Å². The predicted octanol–water partition coefficient (Wildman–Crippen LogP) is 4.40. The highest BCUT2D eigenvalue weighted by atomic mass is 31.2. The Balaban J connectivity index is 0.00000616. The van der Waals surface area contributed by atoms with Gasteiger partial charge >= 0.3 is 31.5 Å². The van der Waals surface area contributed by atoms with E-state index >= 15 is 0 Å². The Morgan fingerprint density at radius 1 is 0.786 bits per heavy atom. The van der Waals surface area contributed by atoms with Gasteiger partial charge in [-0.15, -0.1) is 0 Å². The van der Waals surface area contributed by atoms with E-state index in [0.29, 0.717) is 5.56 Å². The molecule has 1 atom stereocenters. The van der Waals surface area contributed by atoms with E-state index in [9.17, 15) is 23.7 Å². The van der Waals surface area contributed by atoms with E-state index in [1.165, 1.54) is 12.2 Å². The summed E-state index contributed by atoms with van der Waals surface area (Å²) in [6, 6.07) is 8.19. The van der Waals surface area contributed by atoms with Crippen LogP contribution in [0.3, 0.4) is 0 Å². The molecule has 13 heteroatoms. The number of ether oxygens (including phenoxy) is 4. The molecule has 1 saturated heterocycles. The molecular formula is C29H35O12P. The second-order valence-electron chi connectivity index (χ2n) is 9.86. The molecule has 2 aromatic rings. The van der Waals surface area contributed by atoms with E-state index in [1.54, 1.807) is 37.3 Å². The first kappa shape index (κ1) is 34.4. The van der Waals surface area contributed by atoms with Gasteiger partial charge in [-0.05, 0) is 12.5 Å². The highest BCUT2D eigenvalue weighted by Crippen LogP contribution is 2.67. The Hall–Kier alpha value is -3.83. The third kappa shape index (κ3) is 6.47. The number of carbonyl (C=O) groups is 4. The fourth-order valence-corrected chi connectivity index (χ4v) is 7.10. The Kier molecular flexibility index (Phi) is 11.4. The minimum absolute atomic E-state index is 0. The van der Waals surface area contributed by atoms with Gasteiger partial charge in [-0.1, -0.05) is 56.3 Å². The number of hydrogen-bond acceptors (Lipinski definition) is 11. The van der Waals surface area contributed by atoms with Crippen LogP contribution in [0, 0.1) is 5.41 Å². The minimum Gasteiger partial charge on any atom is -0.465 e. The van der Waals surface area contributed by atoms with Gasteiger partial charge in [0, 0.05) is 16.5 Å². The molecule has 0 spiro atoms. The summed E-state index contributed by atoms with van der Waals surface area (Å²) in [6.45, 7) is 5.33. The van der Waals surface area contributed by atoms with Crippen molar-refractivity contribution >= 4 is 37.5 Å². The van der Waals surface area contributed by atoms with Gasteiger partial charge in [0.25, 0.3) is 0 Å². The van der Waals surface area contributed by atoms with Crippen LogP contribution in [0.4, 0.5) is 0 Å². The number of benzene rings is 2. The largest absolute Gasteiger partial charge is 0.465 e. The highest BCUT2D eigenvalue weighted by molar-refractivity contribution is 7.54. The number of esters is 4. The second kappa shape index (κ2) is 13.9. The van der Waals surface area contributed by atoms with Gasteiger partial charge in [0.1, 0.15) is 5.66 Å². The molecule has 12 nitrogen and oxygen atoms in total. The molecule has 0 saturated carbocycles. The monoisotopic (exact) mass is 606 g/mol. The smallest absolute Gasteiger partial charge is 0.342 e. The number of allylic oxidation sites excluding steroid dienone is 1. The lowest BCUT2D eigenvalue weighted by Gasteiger charge is -2.38. The first-order valence-electron chi connectivity index (χ1n) is 12.5. The zero-order valence-electron chi connectivity index (χ0n) is 24.5. The molecule has 1 aliphatic heterocycles. The van der Waals surface area contributed by atoms with E-state index in [4.69, 9.17) is 28.0 Å². The zero-order valence-corrected chi connectivity index (χ0v) is 25.4. The average Bonchev–Trinajstić information content (AvgIpc) is 2.97. The van der Waals surface area contributed by atoms with Crippen LogP contribution in [-0.2, 0) is 32.6 Å². The molecule has 1 fully saturated rings. The van der Waals surface area contributed by atoms with Crippen LogP contribution in [0.2, 0.25) is 0 Å². The summed E-state index contributed by atoms with van der Waals surface area (Å²) in [6.07, 6.45) is 2.83. The summed E-state index contributed by atoms with van der Waals surface area (Å²) in [5, 5.41) is 0. The quantitative estimate of drug-likeness (QED) is 0.237. The van der Waals surface area contributed by atoms with Gasteiger partial charge in [-0.3, -0.25) is 4.57 Å². The van der Waals surface area contributed by atoms with E-state index in [2.05, 4.69) is 0 Å². The van der Waals surface area contributed by atoms with Crippen molar-refractivity contribution in [2.45, 2.75) is 26.4 Å². The summed E-state index contributed by atoms with van der Waals surface area (Å²) in [5.41, 5.74) is -3.94. The van der Waals surface area contributed by atoms with Crippen LogP contribution >= 0.6 is 7.60 Å². The number of rotatable bonds is 8. The van der Waals surface area contributed by atoms with Crippen LogP contribution < -0.4 is 0 Å². The summed E-state index contributed by atoms with van der Waals surface area (Å²) in [4.78, 5) is 53.9. The zero-order chi connectivity index (χ0) is 30.5. The Labute approximate surface area is 243 Å². The molecule has 0 radical (unpaired) electrons. The van der Waals surface area contributed by atoms with E-state index in [-0.39, 0.29) is 29.8 Å². The molecule has 3 rings (SSSR count). The van der Waals surface area contributed by atoms with Crippen molar-refractivity contribution in [2.24, 2.45) is 5.41 Å². The van der Waals surface area contributed by atoms with Gasteiger partial charge < -0.3 is 33.5 Å². The van der Waals surface area contributed by atoms with Crippen LogP contribution in [0.5, 0.6) is 0 Å². The van der Waals surface area contributed by atoms with Gasteiger partial charge in [0.2, 0.25) is 0 Å². The van der Waals surface area contributed by atoms with Gasteiger partial charge in [0.15, 0.2) is 0 Å². The first-order chi connectivity index (χ1) is 19.4. The van der Waals surface area contributed by atoms with Crippen molar-refractivity contribution in [3.05, 3.63) is 75.4 Å². The van der Waals surface area contributed by atoms with Crippen LogP contribution in [-0.4, -0.2) is 71.0 Å². The molecule has 1 aliphatic rings. The van der Waals surface area contributed by atoms with Crippen molar-refractivity contribution in [3.8, 4) is 0 Å². The van der Waals surface area contributed by atoms with Crippen molar-refractivity contribution in [1.29, 1.82) is 0 Å². The summed E-state index contributed by atoms with van der Waals surface area (Å²) < 4.78 is 46.6. The lowest BCUT2D eigenvalue weighted by Crippen LogP contribution is -2.32. The van der Waals surface area contributed by atoms with E-state index in [1.807, 2.05) is 13.8 Å². The molecule has 2 aromatic carbocycles. The topological polar surface area (TPSA) is 172 Å². The minimum atomic E-state index is -4.29. The Bertz CT molecular complexity index is 1360. The maximum Gasteiger partial charge on any atom is 0.342 e. The fourth-order valence-electron chi connectivity index (χ4n) is 4.55. The van der Waals surface area contributed by atoms with E-state index in [0.717, 1.165) is 28.4 Å². The summed E-state index contributed by atoms with van der Waals surface area (Å²) >= 11 is 0. The third-order valence-electron chi connectivity index (χ3n) is 6.44. The second-order valence-corrected chi connectivity index (χ2v) is 12.0. The number of hydrogen-bond donors (Lipinski definition) is 0. The molecule has 0 amide bonds. The van der Waals surface area contributed by atoms with Gasteiger partial charge in [-0.25, -0.2) is 19.2 Å². The predicted molar refractivity (Wildman–Crippen MR) is 152 cm³/mol. The van der Waals surface area contributed by atoms with Crippen molar-refractivity contribution in [2.75, 3.05) is 41.7 Å². The van der Waals surface area contributed by atoms with Crippen LogP contribution in [0.1, 0.15) is 84.6 Å².